The van der Waals surface area contributed by atoms with E-state index in [0.717, 1.165) is 44.3 Å². The molecule has 5 heteroatoms. The normalized spacial score (nSPS) is 37.7. The van der Waals surface area contributed by atoms with E-state index in [-0.39, 0.29) is 18.1 Å². The number of amides is 1. The fourth-order valence-electron chi connectivity index (χ4n) is 2.93. The summed E-state index contributed by atoms with van der Waals surface area (Å²) in [6, 6.07) is 0. The fraction of sp³-hybridized carbons (Fsp3) is 0.923. The Balaban J connectivity index is 1.76. The van der Waals surface area contributed by atoms with Gasteiger partial charge in [0.05, 0.1) is 6.10 Å². The van der Waals surface area contributed by atoms with E-state index in [1.54, 1.807) is 0 Å². The van der Waals surface area contributed by atoms with E-state index in [9.17, 15) is 4.79 Å². The summed E-state index contributed by atoms with van der Waals surface area (Å²) in [6.45, 7) is 7.89. The molecule has 0 aromatic rings. The minimum absolute atomic E-state index is 0.188. The number of nitrogens with one attached hydrogen (secondary N) is 1. The molecule has 0 aromatic carbocycles. The summed E-state index contributed by atoms with van der Waals surface area (Å²) >= 11 is 0. The summed E-state index contributed by atoms with van der Waals surface area (Å²) in [5.41, 5.74) is 2.17. The van der Waals surface area contributed by atoms with Crippen LogP contribution in [0.5, 0.6) is 0 Å². The summed E-state index contributed by atoms with van der Waals surface area (Å²) < 4.78 is 5.75. The van der Waals surface area contributed by atoms with Gasteiger partial charge in [0.1, 0.15) is 6.10 Å². The highest BCUT2D eigenvalue weighted by molar-refractivity contribution is 5.80. The number of likely N-dealkylation sites (tertiary alicyclic amines) is 1. The summed E-state index contributed by atoms with van der Waals surface area (Å²) in [7, 11) is 0. The monoisotopic (exact) mass is 255 g/mol. The zero-order valence-corrected chi connectivity index (χ0v) is 11.4. The topological polar surface area (TPSA) is 67.6 Å². The molecule has 0 bridgehead atoms. The van der Waals surface area contributed by atoms with Gasteiger partial charge in [-0.05, 0) is 37.6 Å². The maximum Gasteiger partial charge on any atom is 0.263 e. The first-order valence-corrected chi connectivity index (χ1v) is 6.98. The Bertz CT molecular complexity index is 298. The predicted molar refractivity (Wildman–Crippen MR) is 69.6 cm³/mol. The van der Waals surface area contributed by atoms with Gasteiger partial charge in [0, 0.05) is 13.1 Å². The van der Waals surface area contributed by atoms with Gasteiger partial charge in [0.25, 0.3) is 5.91 Å². The Morgan fingerprint density at radius 2 is 2.11 bits per heavy atom. The van der Waals surface area contributed by atoms with Gasteiger partial charge in [0.2, 0.25) is 0 Å². The third-order valence-corrected chi connectivity index (χ3v) is 4.42. The van der Waals surface area contributed by atoms with Crippen LogP contribution in [0.2, 0.25) is 0 Å². The van der Waals surface area contributed by atoms with E-state index in [2.05, 4.69) is 24.2 Å². The van der Waals surface area contributed by atoms with E-state index in [1.807, 2.05) is 0 Å². The zero-order valence-electron chi connectivity index (χ0n) is 11.4. The molecular weight excluding hydrogens is 230 g/mol. The van der Waals surface area contributed by atoms with Gasteiger partial charge < -0.3 is 9.64 Å². The zero-order chi connectivity index (χ0) is 13.1. The number of hydrogen-bond donors (Lipinski definition) is 2. The van der Waals surface area contributed by atoms with E-state index in [1.165, 1.54) is 6.42 Å². The molecule has 0 saturated carbocycles. The third-order valence-electron chi connectivity index (χ3n) is 4.42. The maximum absolute atomic E-state index is 11.4. The SMILES string of the molecule is CC1CCN(CC2CCC(C(=O)NN)O2)CC1C. The van der Waals surface area contributed by atoms with Gasteiger partial charge in [-0.2, -0.15) is 0 Å². The Kier molecular flexibility index (Phi) is 4.59. The molecule has 18 heavy (non-hydrogen) atoms. The van der Waals surface area contributed by atoms with Gasteiger partial charge in [-0.15, -0.1) is 0 Å². The predicted octanol–water partition coefficient (Wildman–Crippen LogP) is 0.502. The highest BCUT2D eigenvalue weighted by Gasteiger charge is 2.32. The van der Waals surface area contributed by atoms with Gasteiger partial charge >= 0.3 is 0 Å². The second-order valence-electron chi connectivity index (χ2n) is 5.84. The number of nitrogens with zero attached hydrogens (tertiary/aromatic N) is 1. The first-order valence-electron chi connectivity index (χ1n) is 6.98. The van der Waals surface area contributed by atoms with Crippen LogP contribution in [0.15, 0.2) is 0 Å². The van der Waals surface area contributed by atoms with Crippen molar-refractivity contribution in [2.45, 2.75) is 45.3 Å². The van der Waals surface area contributed by atoms with Crippen LogP contribution in [-0.4, -0.2) is 42.6 Å². The maximum atomic E-state index is 11.4. The van der Waals surface area contributed by atoms with Gasteiger partial charge in [-0.25, -0.2) is 5.84 Å². The molecule has 104 valence electrons. The molecule has 2 rings (SSSR count). The van der Waals surface area contributed by atoms with Crippen LogP contribution >= 0.6 is 0 Å². The summed E-state index contributed by atoms with van der Waals surface area (Å²) in [5, 5.41) is 0. The highest BCUT2D eigenvalue weighted by atomic mass is 16.5. The molecule has 2 aliphatic heterocycles. The molecule has 4 unspecified atom stereocenters. The number of carbonyl (C=O) groups excluding carboxylic acids is 1. The molecular formula is C13H25N3O2. The highest BCUT2D eigenvalue weighted by Crippen LogP contribution is 2.25. The molecule has 1 amide bonds. The lowest BCUT2D eigenvalue weighted by Gasteiger charge is -2.36. The number of rotatable bonds is 3. The number of ether oxygens (including phenoxy) is 1. The van der Waals surface area contributed by atoms with E-state index in [0.29, 0.717) is 0 Å². The largest absolute Gasteiger partial charge is 0.364 e. The van der Waals surface area contributed by atoms with Crippen molar-refractivity contribution >= 4 is 5.91 Å². The Morgan fingerprint density at radius 1 is 1.33 bits per heavy atom. The van der Waals surface area contributed by atoms with Crippen molar-refractivity contribution < 1.29 is 9.53 Å². The van der Waals surface area contributed by atoms with Crippen molar-refractivity contribution in [2.24, 2.45) is 17.7 Å². The van der Waals surface area contributed by atoms with Crippen LogP contribution in [0.25, 0.3) is 0 Å². The summed E-state index contributed by atoms with van der Waals surface area (Å²) in [6.07, 6.45) is 2.85. The van der Waals surface area contributed by atoms with Crippen molar-refractivity contribution in [2.75, 3.05) is 19.6 Å². The average molecular weight is 255 g/mol. The van der Waals surface area contributed by atoms with E-state index >= 15 is 0 Å². The molecule has 0 aromatic heterocycles. The smallest absolute Gasteiger partial charge is 0.263 e. The number of hydrazine groups is 1. The number of hydrogen-bond acceptors (Lipinski definition) is 4. The standard InChI is InChI=1S/C13H25N3O2/c1-9-5-6-16(7-10(9)2)8-11-3-4-12(18-11)13(17)15-14/h9-12H,3-8,14H2,1-2H3,(H,15,17). The van der Waals surface area contributed by atoms with Crippen molar-refractivity contribution in [1.29, 1.82) is 0 Å². The van der Waals surface area contributed by atoms with E-state index in [4.69, 9.17) is 10.6 Å². The molecule has 5 nitrogen and oxygen atoms in total. The minimum Gasteiger partial charge on any atom is -0.364 e. The molecule has 2 aliphatic rings. The average Bonchev–Trinajstić information content (AvgIpc) is 2.81. The van der Waals surface area contributed by atoms with Crippen LogP contribution in [-0.2, 0) is 9.53 Å². The lowest BCUT2D eigenvalue weighted by atomic mass is 9.88. The van der Waals surface area contributed by atoms with Crippen LogP contribution in [0.4, 0.5) is 0 Å². The summed E-state index contributed by atoms with van der Waals surface area (Å²) in [5.74, 6) is 6.50. The molecule has 4 atom stereocenters. The van der Waals surface area contributed by atoms with Crippen molar-refractivity contribution in [3.8, 4) is 0 Å². The Hall–Kier alpha value is -0.650. The molecule has 2 saturated heterocycles. The second-order valence-corrected chi connectivity index (χ2v) is 5.84. The first-order chi connectivity index (χ1) is 8.60. The molecule has 3 N–H and O–H groups in total. The summed E-state index contributed by atoms with van der Waals surface area (Å²) in [4.78, 5) is 13.8. The van der Waals surface area contributed by atoms with Crippen LogP contribution < -0.4 is 11.3 Å². The van der Waals surface area contributed by atoms with E-state index < -0.39 is 0 Å². The Labute approximate surface area is 109 Å². The fourth-order valence-corrected chi connectivity index (χ4v) is 2.93. The quantitative estimate of drug-likeness (QED) is 0.438. The lowest BCUT2D eigenvalue weighted by Crippen LogP contribution is -2.43. The molecule has 0 spiro atoms. The van der Waals surface area contributed by atoms with Crippen LogP contribution in [0.3, 0.4) is 0 Å². The minimum atomic E-state index is -0.346. The number of carbonyl (C=O) groups is 1. The number of piperidine rings is 1. The third kappa shape index (κ3) is 3.22. The van der Waals surface area contributed by atoms with Gasteiger partial charge in [-0.1, -0.05) is 13.8 Å². The molecule has 2 fully saturated rings. The van der Waals surface area contributed by atoms with Crippen LogP contribution in [0, 0.1) is 11.8 Å². The van der Waals surface area contributed by atoms with Crippen molar-refractivity contribution in [1.82, 2.24) is 10.3 Å². The number of nitrogens with two attached hydrogens (primary N) is 1. The lowest BCUT2D eigenvalue weighted by molar-refractivity contribution is -0.132. The first kappa shape index (κ1) is 13.8. The van der Waals surface area contributed by atoms with Gasteiger partial charge in [0.15, 0.2) is 0 Å². The Morgan fingerprint density at radius 3 is 2.78 bits per heavy atom. The van der Waals surface area contributed by atoms with Crippen molar-refractivity contribution in [3.05, 3.63) is 0 Å². The molecule has 0 aliphatic carbocycles. The van der Waals surface area contributed by atoms with Crippen LogP contribution in [0.1, 0.15) is 33.1 Å². The second kappa shape index (κ2) is 5.99. The van der Waals surface area contributed by atoms with Crippen molar-refractivity contribution in [3.63, 3.8) is 0 Å². The molecule has 0 radical (unpaired) electrons. The van der Waals surface area contributed by atoms with Gasteiger partial charge in [-0.3, -0.25) is 10.2 Å². The molecule has 2 heterocycles.